The molecule has 2 aromatic heterocycles. The molecule has 10 aromatic carbocycles. The first-order valence-corrected chi connectivity index (χ1v) is 22.9. The van der Waals surface area contributed by atoms with Crippen LogP contribution >= 0.6 is 11.3 Å². The van der Waals surface area contributed by atoms with Crippen LogP contribution in [0.4, 0.5) is 17.1 Å². The van der Waals surface area contributed by atoms with Gasteiger partial charge in [-0.05, 0) is 104 Å². The Bertz CT molecular complexity index is 3800. The average Bonchev–Trinajstić information content (AvgIpc) is 4.00. The minimum atomic E-state index is -0.132. The molecule has 0 spiro atoms. The molecule has 0 saturated carbocycles. The Kier molecular flexibility index (Phi) is 8.16. The number of rotatable bonds is 6. The predicted molar refractivity (Wildman–Crippen MR) is 273 cm³/mol. The van der Waals surface area contributed by atoms with Crippen molar-refractivity contribution in [3.63, 3.8) is 0 Å². The van der Waals surface area contributed by atoms with E-state index in [0.29, 0.717) is 0 Å². The first-order chi connectivity index (χ1) is 31.5. The maximum atomic E-state index is 6.75. The van der Waals surface area contributed by atoms with Crippen LogP contribution in [0, 0.1) is 0 Å². The van der Waals surface area contributed by atoms with Gasteiger partial charge in [0.1, 0.15) is 11.2 Å². The third-order valence-electron chi connectivity index (χ3n) is 13.7. The monoisotopic (exact) mass is 835 g/mol. The van der Waals surface area contributed by atoms with Crippen LogP contribution < -0.4 is 4.90 Å². The molecule has 302 valence electrons. The van der Waals surface area contributed by atoms with Gasteiger partial charge in [-0.15, -0.1) is 11.3 Å². The number of hydrogen-bond acceptors (Lipinski definition) is 3. The largest absolute Gasteiger partial charge is 0.455 e. The van der Waals surface area contributed by atoms with Gasteiger partial charge in [-0.1, -0.05) is 178 Å². The summed E-state index contributed by atoms with van der Waals surface area (Å²) in [6.45, 7) is 4.72. The highest BCUT2D eigenvalue weighted by Gasteiger charge is 2.36. The lowest BCUT2D eigenvalue weighted by atomic mass is 9.82. The predicted octanol–water partition coefficient (Wildman–Crippen LogP) is 17.9. The van der Waals surface area contributed by atoms with Crippen molar-refractivity contribution in [2.24, 2.45) is 0 Å². The molecule has 0 fully saturated rings. The molecule has 1 aliphatic rings. The highest BCUT2D eigenvalue weighted by Crippen LogP contribution is 2.52. The number of thiophene rings is 1. The zero-order valence-electron chi connectivity index (χ0n) is 35.5. The molecule has 2 nitrogen and oxygen atoms in total. The first-order valence-electron chi connectivity index (χ1n) is 22.1. The van der Waals surface area contributed by atoms with Gasteiger partial charge in [0.25, 0.3) is 0 Å². The van der Waals surface area contributed by atoms with Crippen molar-refractivity contribution >= 4 is 81.3 Å². The van der Waals surface area contributed by atoms with E-state index in [4.69, 9.17) is 4.42 Å². The summed E-state index contributed by atoms with van der Waals surface area (Å²) in [7, 11) is 0. The van der Waals surface area contributed by atoms with Gasteiger partial charge in [0.05, 0.1) is 0 Å². The average molecular weight is 836 g/mol. The van der Waals surface area contributed by atoms with Crippen LogP contribution in [-0.2, 0) is 5.41 Å². The van der Waals surface area contributed by atoms with Crippen molar-refractivity contribution in [2.45, 2.75) is 19.3 Å². The Morgan fingerprint density at radius 3 is 1.78 bits per heavy atom. The molecule has 0 saturated heterocycles. The molecule has 12 aromatic rings. The zero-order valence-corrected chi connectivity index (χ0v) is 36.3. The molecule has 1 aliphatic carbocycles. The Balaban J connectivity index is 0.997. The number of nitrogens with zero attached hydrogens (tertiary/aromatic N) is 1. The van der Waals surface area contributed by atoms with E-state index in [1.807, 2.05) is 11.3 Å². The van der Waals surface area contributed by atoms with Gasteiger partial charge in [-0.25, -0.2) is 0 Å². The van der Waals surface area contributed by atoms with Gasteiger partial charge >= 0.3 is 0 Å². The summed E-state index contributed by atoms with van der Waals surface area (Å²) in [5, 5.41) is 7.19. The molecule has 0 unspecified atom stereocenters. The van der Waals surface area contributed by atoms with Crippen molar-refractivity contribution in [1.29, 1.82) is 0 Å². The van der Waals surface area contributed by atoms with Gasteiger partial charge in [-0.2, -0.15) is 0 Å². The van der Waals surface area contributed by atoms with Crippen LogP contribution in [0.3, 0.4) is 0 Å². The van der Waals surface area contributed by atoms with Crippen molar-refractivity contribution in [3.8, 4) is 44.5 Å². The fourth-order valence-corrected chi connectivity index (χ4v) is 11.9. The summed E-state index contributed by atoms with van der Waals surface area (Å²) in [5.74, 6) is 0. The van der Waals surface area contributed by atoms with Crippen LogP contribution in [0.2, 0.25) is 0 Å². The molecule has 0 radical (unpaired) electrons. The SMILES string of the molecule is CC1(C)c2ccccc2-c2ccc(N(c3ccc(-c4cccc5c4sc4ccccc45)cc3)c3ccc(-c4c(-c5ccccc5)c5ccccc5c5oc6ccccc6c45)cc3)cc21. The summed E-state index contributed by atoms with van der Waals surface area (Å²) in [4.78, 5) is 2.42. The molecular formula is C61H41NOS. The lowest BCUT2D eigenvalue weighted by Gasteiger charge is -2.28. The second-order valence-electron chi connectivity index (χ2n) is 17.6. The minimum Gasteiger partial charge on any atom is -0.455 e. The molecule has 0 bridgehead atoms. The number of para-hydroxylation sites is 1. The highest BCUT2D eigenvalue weighted by molar-refractivity contribution is 7.26. The summed E-state index contributed by atoms with van der Waals surface area (Å²) in [6, 6.07) is 77.8. The van der Waals surface area contributed by atoms with Crippen molar-refractivity contribution in [1.82, 2.24) is 0 Å². The minimum absolute atomic E-state index is 0.132. The zero-order chi connectivity index (χ0) is 42.5. The number of anilines is 3. The van der Waals surface area contributed by atoms with E-state index in [0.717, 1.165) is 50.0 Å². The number of fused-ring (bicyclic) bond motifs is 11. The lowest BCUT2D eigenvalue weighted by molar-refractivity contribution is 0.660. The Labute approximate surface area is 375 Å². The molecular weight excluding hydrogens is 795 g/mol. The lowest BCUT2D eigenvalue weighted by Crippen LogP contribution is -2.16. The van der Waals surface area contributed by atoms with Gasteiger partial charge in [-0.3, -0.25) is 0 Å². The highest BCUT2D eigenvalue weighted by atomic mass is 32.1. The second kappa shape index (κ2) is 14.2. The van der Waals surface area contributed by atoms with E-state index in [1.54, 1.807) is 0 Å². The van der Waals surface area contributed by atoms with Crippen LogP contribution in [0.5, 0.6) is 0 Å². The number of benzene rings is 10. The van der Waals surface area contributed by atoms with Crippen molar-refractivity contribution in [2.75, 3.05) is 4.90 Å². The Morgan fingerprint density at radius 1 is 0.406 bits per heavy atom. The first kappa shape index (κ1) is 36.9. The maximum Gasteiger partial charge on any atom is 0.143 e. The fraction of sp³-hybridized carbons (Fsp3) is 0.0492. The topological polar surface area (TPSA) is 16.4 Å². The van der Waals surface area contributed by atoms with E-state index in [1.165, 1.54) is 75.6 Å². The molecule has 64 heavy (non-hydrogen) atoms. The molecule has 2 heterocycles. The third kappa shape index (κ3) is 5.51. The van der Waals surface area contributed by atoms with E-state index >= 15 is 0 Å². The smallest absolute Gasteiger partial charge is 0.143 e. The van der Waals surface area contributed by atoms with Crippen LogP contribution in [0.25, 0.3) is 97.4 Å². The molecule has 13 rings (SSSR count). The van der Waals surface area contributed by atoms with E-state index < -0.39 is 0 Å². The van der Waals surface area contributed by atoms with Crippen LogP contribution in [0.15, 0.2) is 217 Å². The summed E-state index contributed by atoms with van der Waals surface area (Å²) in [6.07, 6.45) is 0. The molecule has 3 heteroatoms. The second-order valence-corrected chi connectivity index (χ2v) is 18.6. The Hall–Kier alpha value is -7.72. The standard InChI is InChI=1S/C61H41NOS/c1-61(2)52-24-11-8-17-45(52)46-36-35-43(37-53(46)61)62(41-31-27-38(28-32-41)44-22-14-23-50-47-18-10-13-26-55(47)64-60(44)50)42-33-29-40(30-34-42)57-56(39-15-4-3-5-16-39)48-19-6-7-20-49(48)59-58(57)51-21-9-12-25-54(51)63-59/h3-37H,1-2H3. The molecule has 0 amide bonds. The summed E-state index contributed by atoms with van der Waals surface area (Å²) in [5.41, 5.74) is 17.6. The third-order valence-corrected chi connectivity index (χ3v) is 14.9. The van der Waals surface area contributed by atoms with Crippen LogP contribution in [0.1, 0.15) is 25.0 Å². The quantitative estimate of drug-likeness (QED) is 0.166. The Morgan fingerprint density at radius 2 is 0.984 bits per heavy atom. The number of hydrogen-bond donors (Lipinski definition) is 0. The maximum absolute atomic E-state index is 6.75. The van der Waals surface area contributed by atoms with Crippen LogP contribution in [-0.4, -0.2) is 0 Å². The summed E-state index contributed by atoms with van der Waals surface area (Å²) < 4.78 is 9.39. The molecule has 0 N–H and O–H groups in total. The van der Waals surface area contributed by atoms with E-state index in [-0.39, 0.29) is 5.41 Å². The molecule has 0 aliphatic heterocycles. The van der Waals surface area contributed by atoms with E-state index in [9.17, 15) is 0 Å². The fourth-order valence-electron chi connectivity index (χ4n) is 10.7. The van der Waals surface area contributed by atoms with Crippen molar-refractivity contribution in [3.05, 3.63) is 223 Å². The van der Waals surface area contributed by atoms with Gasteiger partial charge in [0.15, 0.2) is 0 Å². The summed E-state index contributed by atoms with van der Waals surface area (Å²) >= 11 is 1.88. The molecule has 0 atom stereocenters. The van der Waals surface area contributed by atoms with Crippen molar-refractivity contribution < 1.29 is 4.42 Å². The number of furan rings is 1. The van der Waals surface area contributed by atoms with Gasteiger partial charge in [0.2, 0.25) is 0 Å². The normalized spacial score (nSPS) is 13.0. The van der Waals surface area contributed by atoms with Gasteiger partial charge in [0, 0.05) is 64.4 Å². The van der Waals surface area contributed by atoms with Gasteiger partial charge < -0.3 is 9.32 Å². The van der Waals surface area contributed by atoms with E-state index in [2.05, 4.69) is 231 Å².